The summed E-state index contributed by atoms with van der Waals surface area (Å²) in [6, 6.07) is 8.66. The van der Waals surface area contributed by atoms with Crippen molar-refractivity contribution < 1.29 is 19.1 Å². The minimum Gasteiger partial charge on any atom is -0.496 e. The lowest BCUT2D eigenvalue weighted by Crippen LogP contribution is -2.40. The van der Waals surface area contributed by atoms with Gasteiger partial charge in [0.05, 0.1) is 12.7 Å². The summed E-state index contributed by atoms with van der Waals surface area (Å²) >= 11 is 1.28. The standard InChI is InChI=1S/C18H21NO4S/c1-18(2,3)19-17(21)16-15(9-10-24-16)23-11-13(20)12-7-5-6-8-14(12)22-4/h5-10H,11H2,1-4H3,(H,19,21). The third kappa shape index (κ3) is 4.58. The van der Waals surface area contributed by atoms with Crippen LogP contribution in [0.1, 0.15) is 40.8 Å². The van der Waals surface area contributed by atoms with Gasteiger partial charge < -0.3 is 14.8 Å². The Labute approximate surface area is 145 Å². The zero-order chi connectivity index (χ0) is 17.7. The molecule has 128 valence electrons. The Hall–Kier alpha value is -2.34. The number of hydrogen-bond donors (Lipinski definition) is 1. The Morgan fingerprint density at radius 1 is 1.12 bits per heavy atom. The Morgan fingerprint density at radius 2 is 1.83 bits per heavy atom. The van der Waals surface area contributed by atoms with Crippen molar-refractivity contribution in [1.29, 1.82) is 0 Å². The summed E-state index contributed by atoms with van der Waals surface area (Å²) in [6.45, 7) is 5.56. The molecule has 0 aliphatic carbocycles. The summed E-state index contributed by atoms with van der Waals surface area (Å²) in [5.74, 6) is 0.491. The van der Waals surface area contributed by atoms with Crippen molar-refractivity contribution >= 4 is 23.0 Å². The second-order valence-electron chi connectivity index (χ2n) is 6.23. The molecule has 1 aromatic carbocycles. The minimum atomic E-state index is -0.342. The monoisotopic (exact) mass is 347 g/mol. The quantitative estimate of drug-likeness (QED) is 0.812. The van der Waals surface area contributed by atoms with Gasteiger partial charge in [-0.15, -0.1) is 11.3 Å². The molecule has 0 radical (unpaired) electrons. The average molecular weight is 347 g/mol. The van der Waals surface area contributed by atoms with E-state index in [1.807, 2.05) is 20.8 Å². The maximum absolute atomic E-state index is 12.3. The van der Waals surface area contributed by atoms with Crippen LogP contribution in [-0.4, -0.2) is 30.9 Å². The highest BCUT2D eigenvalue weighted by Gasteiger charge is 2.21. The summed E-state index contributed by atoms with van der Waals surface area (Å²) in [4.78, 5) is 25.1. The van der Waals surface area contributed by atoms with Gasteiger partial charge in [-0.2, -0.15) is 0 Å². The molecular weight excluding hydrogens is 326 g/mol. The smallest absolute Gasteiger partial charge is 0.265 e. The van der Waals surface area contributed by atoms with Crippen LogP contribution in [0.3, 0.4) is 0 Å². The van der Waals surface area contributed by atoms with E-state index in [0.29, 0.717) is 21.9 Å². The lowest BCUT2D eigenvalue weighted by atomic mass is 10.1. The third-order valence-electron chi connectivity index (χ3n) is 3.09. The van der Waals surface area contributed by atoms with Gasteiger partial charge in [0.25, 0.3) is 5.91 Å². The Bertz CT molecular complexity index is 731. The van der Waals surface area contributed by atoms with Gasteiger partial charge >= 0.3 is 0 Å². The van der Waals surface area contributed by atoms with Crippen molar-refractivity contribution in [2.75, 3.05) is 13.7 Å². The molecule has 1 aromatic heterocycles. The first-order valence-corrected chi connectivity index (χ1v) is 8.39. The number of methoxy groups -OCH3 is 1. The zero-order valence-corrected chi connectivity index (χ0v) is 15.0. The van der Waals surface area contributed by atoms with Gasteiger partial charge in [-0.05, 0) is 44.4 Å². The van der Waals surface area contributed by atoms with E-state index in [1.54, 1.807) is 35.7 Å². The molecule has 6 heteroatoms. The number of nitrogens with one attached hydrogen (secondary N) is 1. The molecule has 2 rings (SSSR count). The molecule has 1 amide bonds. The van der Waals surface area contributed by atoms with Gasteiger partial charge in [0.2, 0.25) is 5.78 Å². The SMILES string of the molecule is COc1ccccc1C(=O)COc1ccsc1C(=O)NC(C)(C)C. The predicted octanol–water partition coefficient (Wildman–Crippen LogP) is 3.55. The first-order chi connectivity index (χ1) is 11.3. The fraction of sp³-hybridized carbons (Fsp3) is 0.333. The second kappa shape index (κ2) is 7.49. The molecule has 5 nitrogen and oxygen atoms in total. The fourth-order valence-corrected chi connectivity index (χ4v) is 2.80. The number of hydrogen-bond acceptors (Lipinski definition) is 5. The highest BCUT2D eigenvalue weighted by atomic mass is 32.1. The van der Waals surface area contributed by atoms with Crippen LogP contribution in [0.25, 0.3) is 0 Å². The molecule has 0 aliphatic rings. The van der Waals surface area contributed by atoms with E-state index in [0.717, 1.165) is 0 Å². The first-order valence-electron chi connectivity index (χ1n) is 7.51. The fourth-order valence-electron chi connectivity index (χ4n) is 2.07. The summed E-state index contributed by atoms with van der Waals surface area (Å²) in [7, 11) is 1.51. The number of amides is 1. The molecule has 0 unspecified atom stereocenters. The summed E-state index contributed by atoms with van der Waals surface area (Å²) in [5, 5.41) is 4.65. The highest BCUT2D eigenvalue weighted by molar-refractivity contribution is 7.12. The number of Topliss-reactive ketones (excluding diaryl/α,β-unsaturated/α-hetero) is 1. The van der Waals surface area contributed by atoms with E-state index < -0.39 is 0 Å². The molecule has 1 N–H and O–H groups in total. The number of rotatable bonds is 6. The van der Waals surface area contributed by atoms with Crippen LogP contribution in [-0.2, 0) is 0 Å². The van der Waals surface area contributed by atoms with Gasteiger partial charge in [0.15, 0.2) is 6.61 Å². The molecule has 0 atom stereocenters. The lowest BCUT2D eigenvalue weighted by Gasteiger charge is -2.20. The zero-order valence-electron chi connectivity index (χ0n) is 14.2. The number of carbonyl (C=O) groups excluding carboxylic acids is 2. The summed E-state index contributed by atoms with van der Waals surface area (Å²) in [6.07, 6.45) is 0. The molecule has 1 heterocycles. The first kappa shape index (κ1) is 18.0. The molecule has 0 saturated carbocycles. The third-order valence-corrected chi connectivity index (χ3v) is 3.98. The van der Waals surface area contributed by atoms with Crippen molar-refractivity contribution in [1.82, 2.24) is 5.32 Å². The average Bonchev–Trinajstić information content (AvgIpc) is 2.99. The van der Waals surface area contributed by atoms with Crippen LogP contribution in [0.15, 0.2) is 35.7 Å². The number of thiophene rings is 1. The maximum Gasteiger partial charge on any atom is 0.265 e. The van der Waals surface area contributed by atoms with E-state index in [1.165, 1.54) is 18.4 Å². The van der Waals surface area contributed by atoms with Crippen molar-refractivity contribution in [3.63, 3.8) is 0 Å². The lowest BCUT2D eigenvalue weighted by molar-refractivity contribution is 0.0891. The van der Waals surface area contributed by atoms with Gasteiger partial charge in [-0.3, -0.25) is 9.59 Å². The van der Waals surface area contributed by atoms with Crippen LogP contribution in [0, 0.1) is 0 Å². The van der Waals surface area contributed by atoms with Crippen molar-refractivity contribution in [2.24, 2.45) is 0 Å². The maximum atomic E-state index is 12.3. The molecule has 24 heavy (non-hydrogen) atoms. The van der Waals surface area contributed by atoms with Crippen LogP contribution in [0.4, 0.5) is 0 Å². The van der Waals surface area contributed by atoms with Gasteiger partial charge in [-0.1, -0.05) is 12.1 Å². The Balaban J connectivity index is 2.07. The van der Waals surface area contributed by atoms with E-state index >= 15 is 0 Å². The Morgan fingerprint density at radius 3 is 2.50 bits per heavy atom. The second-order valence-corrected chi connectivity index (χ2v) is 7.15. The molecule has 2 aromatic rings. The van der Waals surface area contributed by atoms with Crippen LogP contribution < -0.4 is 14.8 Å². The van der Waals surface area contributed by atoms with E-state index in [9.17, 15) is 9.59 Å². The normalized spacial score (nSPS) is 11.0. The molecule has 0 aliphatic heterocycles. The van der Waals surface area contributed by atoms with E-state index in [-0.39, 0.29) is 23.8 Å². The van der Waals surface area contributed by atoms with Crippen LogP contribution in [0.2, 0.25) is 0 Å². The number of benzene rings is 1. The van der Waals surface area contributed by atoms with Gasteiger partial charge in [0.1, 0.15) is 16.4 Å². The van der Waals surface area contributed by atoms with Crippen molar-refractivity contribution in [2.45, 2.75) is 26.3 Å². The number of ether oxygens (including phenoxy) is 2. The molecule has 0 fully saturated rings. The molecule has 0 spiro atoms. The molecule has 0 saturated heterocycles. The van der Waals surface area contributed by atoms with Crippen molar-refractivity contribution in [3.8, 4) is 11.5 Å². The van der Waals surface area contributed by atoms with E-state index in [2.05, 4.69) is 5.32 Å². The van der Waals surface area contributed by atoms with Crippen LogP contribution >= 0.6 is 11.3 Å². The van der Waals surface area contributed by atoms with Gasteiger partial charge in [-0.25, -0.2) is 0 Å². The van der Waals surface area contributed by atoms with Crippen molar-refractivity contribution in [3.05, 3.63) is 46.2 Å². The van der Waals surface area contributed by atoms with E-state index in [4.69, 9.17) is 9.47 Å². The largest absolute Gasteiger partial charge is 0.496 e. The summed E-state index contributed by atoms with van der Waals surface area (Å²) in [5.41, 5.74) is 0.113. The molecule has 0 bridgehead atoms. The number of ketones is 1. The van der Waals surface area contributed by atoms with Gasteiger partial charge in [0, 0.05) is 5.54 Å². The topological polar surface area (TPSA) is 64.6 Å². The van der Waals surface area contributed by atoms with Crippen LogP contribution in [0.5, 0.6) is 11.5 Å². The number of para-hydroxylation sites is 1. The highest BCUT2D eigenvalue weighted by Crippen LogP contribution is 2.26. The minimum absolute atomic E-state index is 0.160. The Kier molecular flexibility index (Phi) is 5.62. The number of carbonyl (C=O) groups is 2. The predicted molar refractivity (Wildman–Crippen MR) is 94.4 cm³/mol. The summed E-state index contributed by atoms with van der Waals surface area (Å²) < 4.78 is 10.8. The molecular formula is C18H21NO4S.